The zero-order valence-corrected chi connectivity index (χ0v) is 13.7. The average molecular weight is 343 g/mol. The predicted octanol–water partition coefficient (Wildman–Crippen LogP) is 2.49. The molecule has 0 aromatic carbocycles. The number of nitrogens with zero attached hydrogens (tertiary/aromatic N) is 1. The molecule has 8 heteroatoms. The molecule has 2 aromatic rings. The monoisotopic (exact) mass is 343 g/mol. The van der Waals surface area contributed by atoms with Crippen LogP contribution < -0.4 is 0 Å². The number of thiophene rings is 1. The van der Waals surface area contributed by atoms with Gasteiger partial charge in [0, 0.05) is 6.54 Å². The largest absolute Gasteiger partial charge is 0.468 e. The molecule has 0 saturated carbocycles. The average Bonchev–Trinajstić information content (AvgIpc) is 3.16. The van der Waals surface area contributed by atoms with E-state index >= 15 is 0 Å². The number of sulfonamides is 1. The lowest BCUT2D eigenvalue weighted by Crippen LogP contribution is -2.32. The van der Waals surface area contributed by atoms with Gasteiger partial charge in [-0.15, -0.1) is 11.3 Å². The summed E-state index contributed by atoms with van der Waals surface area (Å²) in [5, 5.41) is 1.70. The summed E-state index contributed by atoms with van der Waals surface area (Å²) in [6.45, 7) is 2.10. The van der Waals surface area contributed by atoms with Gasteiger partial charge >= 0.3 is 5.97 Å². The Morgan fingerprint density at radius 2 is 2.18 bits per heavy atom. The summed E-state index contributed by atoms with van der Waals surface area (Å²) >= 11 is 1.14. The van der Waals surface area contributed by atoms with E-state index in [1.54, 1.807) is 36.6 Å². The van der Waals surface area contributed by atoms with Gasteiger partial charge < -0.3 is 9.15 Å². The molecule has 0 amide bonds. The first-order valence-electron chi connectivity index (χ1n) is 6.75. The van der Waals surface area contributed by atoms with Crippen molar-refractivity contribution in [2.75, 3.05) is 13.2 Å². The van der Waals surface area contributed by atoms with Gasteiger partial charge in [-0.1, -0.05) is 6.07 Å². The van der Waals surface area contributed by atoms with Gasteiger partial charge in [0.15, 0.2) is 0 Å². The van der Waals surface area contributed by atoms with Crippen LogP contribution in [0.1, 0.15) is 19.1 Å². The summed E-state index contributed by atoms with van der Waals surface area (Å²) < 4.78 is 36.8. The molecule has 0 aliphatic carbocycles. The first kappa shape index (κ1) is 16.7. The third-order valence-electron chi connectivity index (χ3n) is 2.87. The zero-order valence-electron chi connectivity index (χ0n) is 12.1. The summed E-state index contributed by atoms with van der Waals surface area (Å²) in [5.41, 5.74) is 0. The molecule has 2 rings (SSSR count). The molecule has 0 fully saturated rings. The second-order valence-corrected chi connectivity index (χ2v) is 7.52. The fourth-order valence-electron chi connectivity index (χ4n) is 1.85. The summed E-state index contributed by atoms with van der Waals surface area (Å²) in [4.78, 5) is 11.5. The summed E-state index contributed by atoms with van der Waals surface area (Å²) in [6, 6.07) is 6.60. The maximum Gasteiger partial charge on any atom is 0.307 e. The Morgan fingerprint density at radius 1 is 1.36 bits per heavy atom. The number of hydrogen-bond donors (Lipinski definition) is 0. The smallest absolute Gasteiger partial charge is 0.307 e. The minimum atomic E-state index is -3.66. The van der Waals surface area contributed by atoms with E-state index in [1.807, 2.05) is 0 Å². The van der Waals surface area contributed by atoms with E-state index < -0.39 is 16.0 Å². The highest BCUT2D eigenvalue weighted by Crippen LogP contribution is 2.23. The third-order valence-corrected chi connectivity index (χ3v) is 6.09. The van der Waals surface area contributed by atoms with E-state index in [4.69, 9.17) is 9.15 Å². The highest BCUT2D eigenvalue weighted by Gasteiger charge is 2.27. The Morgan fingerprint density at radius 3 is 2.77 bits per heavy atom. The van der Waals surface area contributed by atoms with Gasteiger partial charge in [-0.05, 0) is 30.5 Å². The molecule has 0 spiro atoms. The first-order valence-corrected chi connectivity index (χ1v) is 9.07. The van der Waals surface area contributed by atoms with Crippen LogP contribution in [0, 0.1) is 0 Å². The van der Waals surface area contributed by atoms with Gasteiger partial charge in [-0.2, -0.15) is 4.31 Å². The third kappa shape index (κ3) is 4.19. The summed E-state index contributed by atoms with van der Waals surface area (Å²) in [5.74, 6) is 0.0947. The topological polar surface area (TPSA) is 76.8 Å². The molecule has 2 heterocycles. The lowest BCUT2D eigenvalue weighted by atomic mass is 10.4. The van der Waals surface area contributed by atoms with Crippen LogP contribution >= 0.6 is 11.3 Å². The van der Waals surface area contributed by atoms with Crippen LogP contribution in [0.4, 0.5) is 0 Å². The fourth-order valence-corrected chi connectivity index (χ4v) is 4.40. The van der Waals surface area contributed by atoms with E-state index in [0.717, 1.165) is 11.3 Å². The Hall–Kier alpha value is -1.64. The molecule has 0 radical (unpaired) electrons. The van der Waals surface area contributed by atoms with Crippen molar-refractivity contribution in [1.82, 2.24) is 4.31 Å². The number of ether oxygens (including phenoxy) is 1. The molecule has 0 N–H and O–H groups in total. The van der Waals surface area contributed by atoms with Crippen molar-refractivity contribution in [2.24, 2.45) is 0 Å². The molecule has 6 nitrogen and oxygen atoms in total. The Kier molecular flexibility index (Phi) is 5.76. The van der Waals surface area contributed by atoms with E-state index in [2.05, 4.69) is 0 Å². The Bertz CT molecular complexity index is 677. The van der Waals surface area contributed by atoms with Crippen molar-refractivity contribution < 1.29 is 22.4 Å². The van der Waals surface area contributed by atoms with E-state index in [9.17, 15) is 13.2 Å². The van der Waals surface area contributed by atoms with Gasteiger partial charge in [-0.25, -0.2) is 8.42 Å². The number of rotatable bonds is 8. The lowest BCUT2D eigenvalue weighted by molar-refractivity contribution is -0.143. The number of furan rings is 1. The van der Waals surface area contributed by atoms with Crippen LogP contribution in [0.25, 0.3) is 0 Å². The second kappa shape index (κ2) is 7.57. The quantitative estimate of drug-likeness (QED) is 0.688. The highest BCUT2D eigenvalue weighted by molar-refractivity contribution is 7.91. The summed E-state index contributed by atoms with van der Waals surface area (Å²) in [6.07, 6.45) is 1.48. The Labute approximate surface area is 133 Å². The molecule has 0 unspecified atom stereocenters. The number of carbonyl (C=O) groups is 1. The molecule has 0 bridgehead atoms. The second-order valence-electron chi connectivity index (χ2n) is 4.41. The minimum absolute atomic E-state index is 0.000839. The van der Waals surface area contributed by atoms with E-state index in [0.29, 0.717) is 5.76 Å². The van der Waals surface area contributed by atoms with Crippen LogP contribution in [0.15, 0.2) is 44.5 Å². The van der Waals surface area contributed by atoms with Crippen molar-refractivity contribution in [3.8, 4) is 0 Å². The van der Waals surface area contributed by atoms with Crippen molar-refractivity contribution in [2.45, 2.75) is 24.1 Å². The van der Waals surface area contributed by atoms with Crippen LogP contribution in [-0.4, -0.2) is 31.8 Å². The van der Waals surface area contributed by atoms with Crippen molar-refractivity contribution in [1.29, 1.82) is 0 Å². The molecular formula is C14H17NO5S2. The molecular weight excluding hydrogens is 326 g/mol. The minimum Gasteiger partial charge on any atom is -0.468 e. The standard InChI is InChI=1S/C14H17NO5S2/c1-2-19-13(16)7-8-15(11-12-5-3-9-20-12)22(17,18)14-6-4-10-21-14/h3-6,9-10H,2,7-8,11H2,1H3. The molecule has 2 aromatic heterocycles. The molecule has 22 heavy (non-hydrogen) atoms. The molecule has 0 aliphatic rings. The molecule has 0 atom stereocenters. The van der Waals surface area contributed by atoms with Crippen LogP contribution in [-0.2, 0) is 26.1 Å². The fraction of sp³-hybridized carbons (Fsp3) is 0.357. The predicted molar refractivity (Wildman–Crippen MR) is 81.9 cm³/mol. The number of hydrogen-bond acceptors (Lipinski definition) is 6. The maximum atomic E-state index is 12.6. The van der Waals surface area contributed by atoms with E-state index in [1.165, 1.54) is 10.6 Å². The maximum absolute atomic E-state index is 12.6. The zero-order chi connectivity index (χ0) is 16.0. The van der Waals surface area contributed by atoms with Crippen molar-refractivity contribution in [3.05, 3.63) is 41.7 Å². The van der Waals surface area contributed by atoms with Crippen LogP contribution in [0.2, 0.25) is 0 Å². The Balaban J connectivity index is 2.16. The van der Waals surface area contributed by atoms with Gasteiger partial charge in [0.2, 0.25) is 0 Å². The lowest BCUT2D eigenvalue weighted by Gasteiger charge is -2.19. The molecule has 0 saturated heterocycles. The normalized spacial score (nSPS) is 11.7. The van der Waals surface area contributed by atoms with Gasteiger partial charge in [-0.3, -0.25) is 4.79 Å². The van der Waals surface area contributed by atoms with Crippen molar-refractivity contribution in [3.63, 3.8) is 0 Å². The SMILES string of the molecule is CCOC(=O)CCN(Cc1ccco1)S(=O)(=O)c1cccs1. The van der Waals surface area contributed by atoms with Gasteiger partial charge in [0.1, 0.15) is 9.97 Å². The van der Waals surface area contributed by atoms with Crippen LogP contribution in [0.3, 0.4) is 0 Å². The van der Waals surface area contributed by atoms with E-state index in [-0.39, 0.29) is 30.3 Å². The highest BCUT2D eigenvalue weighted by atomic mass is 32.2. The molecule has 0 aliphatic heterocycles. The van der Waals surface area contributed by atoms with Gasteiger partial charge in [0.25, 0.3) is 10.0 Å². The van der Waals surface area contributed by atoms with Crippen molar-refractivity contribution >= 4 is 27.3 Å². The number of carbonyl (C=O) groups excluding carboxylic acids is 1. The first-order chi connectivity index (χ1) is 10.5. The van der Waals surface area contributed by atoms with Gasteiger partial charge in [0.05, 0.1) is 25.8 Å². The molecule has 120 valence electrons. The summed E-state index contributed by atoms with van der Waals surface area (Å²) in [7, 11) is -3.66. The van der Waals surface area contributed by atoms with Crippen LogP contribution in [0.5, 0.6) is 0 Å². The number of esters is 1.